The van der Waals surface area contributed by atoms with Crippen LogP contribution in [0.25, 0.3) is 10.2 Å². The van der Waals surface area contributed by atoms with Crippen molar-refractivity contribution < 1.29 is 19.1 Å². The van der Waals surface area contributed by atoms with Crippen LogP contribution in [0, 0.1) is 13.8 Å². The Balaban J connectivity index is 1.35. The molecular formula is C23H19N3O5S. The van der Waals surface area contributed by atoms with Crippen LogP contribution in [0.1, 0.15) is 21.1 Å². The number of nitrogens with zero attached hydrogens (tertiary/aromatic N) is 1. The van der Waals surface area contributed by atoms with Crippen LogP contribution in [0.15, 0.2) is 59.4 Å². The summed E-state index contributed by atoms with van der Waals surface area (Å²) in [4.78, 5) is 44.4. The maximum Gasteiger partial charge on any atom is 0.349 e. The molecular weight excluding hydrogens is 430 g/mol. The minimum absolute atomic E-state index is 0.249. The number of aryl methyl sites for hydroxylation is 2. The molecule has 0 aliphatic rings. The second-order valence-electron chi connectivity index (χ2n) is 6.95. The number of thiophene rings is 1. The fourth-order valence-corrected chi connectivity index (χ4v) is 4.19. The van der Waals surface area contributed by atoms with Gasteiger partial charge >= 0.3 is 5.97 Å². The molecule has 1 amide bonds. The van der Waals surface area contributed by atoms with E-state index < -0.39 is 18.5 Å². The summed E-state index contributed by atoms with van der Waals surface area (Å²) in [6, 6.07) is 16.2. The van der Waals surface area contributed by atoms with Gasteiger partial charge in [0.1, 0.15) is 27.0 Å². The van der Waals surface area contributed by atoms with E-state index in [0.29, 0.717) is 38.8 Å². The monoisotopic (exact) mass is 449 g/mol. The molecule has 2 N–H and O–H groups in total. The highest BCUT2D eigenvalue weighted by atomic mass is 32.1. The molecule has 4 aromatic rings. The van der Waals surface area contributed by atoms with Crippen LogP contribution in [0.5, 0.6) is 11.5 Å². The number of esters is 1. The van der Waals surface area contributed by atoms with Gasteiger partial charge in [-0.2, -0.15) is 0 Å². The molecule has 0 saturated carbocycles. The number of aromatic nitrogens is 2. The zero-order valence-electron chi connectivity index (χ0n) is 17.3. The SMILES string of the molecule is Cc1nc2sc(C(=O)OCC(=O)Nc3ccc(Oc4ccccc4)cc3)c(C)c2c(=O)[nH]1. The quantitative estimate of drug-likeness (QED) is 0.427. The molecule has 0 unspecified atom stereocenters. The van der Waals surface area contributed by atoms with Crippen LogP contribution < -0.4 is 15.6 Å². The van der Waals surface area contributed by atoms with Gasteiger partial charge in [-0.3, -0.25) is 9.59 Å². The lowest BCUT2D eigenvalue weighted by molar-refractivity contribution is -0.119. The summed E-state index contributed by atoms with van der Waals surface area (Å²) < 4.78 is 10.8. The van der Waals surface area contributed by atoms with Gasteiger partial charge in [0.25, 0.3) is 11.5 Å². The van der Waals surface area contributed by atoms with E-state index in [-0.39, 0.29) is 10.4 Å². The molecule has 2 heterocycles. The van der Waals surface area contributed by atoms with Gasteiger partial charge in [-0.15, -0.1) is 11.3 Å². The van der Waals surface area contributed by atoms with Crippen LogP contribution in [0.4, 0.5) is 5.69 Å². The van der Waals surface area contributed by atoms with Gasteiger partial charge in [-0.25, -0.2) is 9.78 Å². The smallest absolute Gasteiger partial charge is 0.349 e. The van der Waals surface area contributed by atoms with Gasteiger partial charge in [0.05, 0.1) is 5.39 Å². The summed E-state index contributed by atoms with van der Waals surface area (Å²) in [6.07, 6.45) is 0. The largest absolute Gasteiger partial charge is 0.457 e. The van der Waals surface area contributed by atoms with Gasteiger partial charge < -0.3 is 19.8 Å². The minimum Gasteiger partial charge on any atom is -0.457 e. The molecule has 0 bridgehead atoms. The van der Waals surface area contributed by atoms with Crippen molar-refractivity contribution in [2.75, 3.05) is 11.9 Å². The third kappa shape index (κ3) is 4.68. The maximum absolute atomic E-state index is 12.5. The van der Waals surface area contributed by atoms with E-state index in [2.05, 4.69) is 15.3 Å². The lowest BCUT2D eigenvalue weighted by atomic mass is 10.2. The topological polar surface area (TPSA) is 110 Å². The Hall–Kier alpha value is -3.98. The number of aromatic amines is 1. The first-order valence-corrected chi connectivity index (χ1v) is 10.5. The lowest BCUT2D eigenvalue weighted by Crippen LogP contribution is -2.20. The van der Waals surface area contributed by atoms with Crippen LogP contribution in [-0.2, 0) is 9.53 Å². The molecule has 32 heavy (non-hydrogen) atoms. The van der Waals surface area contributed by atoms with Crippen molar-refractivity contribution in [1.82, 2.24) is 9.97 Å². The van der Waals surface area contributed by atoms with Crippen LogP contribution in [0.2, 0.25) is 0 Å². The summed E-state index contributed by atoms with van der Waals surface area (Å²) in [6.45, 7) is 2.86. The Kier molecular flexibility index (Phi) is 6.00. The summed E-state index contributed by atoms with van der Waals surface area (Å²) in [7, 11) is 0. The van der Waals surface area contributed by atoms with E-state index >= 15 is 0 Å². The molecule has 9 heteroatoms. The number of H-pyrrole nitrogens is 1. The van der Waals surface area contributed by atoms with Crippen molar-refractivity contribution in [2.45, 2.75) is 13.8 Å². The van der Waals surface area contributed by atoms with Gasteiger partial charge in [0, 0.05) is 5.69 Å². The average molecular weight is 449 g/mol. The van der Waals surface area contributed by atoms with E-state index in [1.807, 2.05) is 30.3 Å². The first kappa shape index (κ1) is 21.3. The maximum atomic E-state index is 12.5. The average Bonchev–Trinajstić information content (AvgIpc) is 3.10. The molecule has 0 fully saturated rings. The zero-order valence-corrected chi connectivity index (χ0v) is 18.1. The Labute approximate surface area is 186 Å². The summed E-state index contributed by atoms with van der Waals surface area (Å²) in [5, 5.41) is 3.02. The van der Waals surface area contributed by atoms with Crippen molar-refractivity contribution in [1.29, 1.82) is 0 Å². The van der Waals surface area contributed by atoms with Crippen LogP contribution in [-0.4, -0.2) is 28.5 Å². The highest BCUT2D eigenvalue weighted by Gasteiger charge is 2.20. The standard InChI is InChI=1S/C23H19N3O5S/c1-13-19-21(28)24-14(2)25-22(19)32-20(13)23(29)30-12-18(27)26-15-8-10-17(11-9-15)31-16-6-4-3-5-7-16/h3-11H,12H2,1-2H3,(H,26,27)(H,24,25,28). The Morgan fingerprint density at radius 3 is 2.44 bits per heavy atom. The number of carbonyl (C=O) groups is 2. The Morgan fingerprint density at radius 2 is 1.72 bits per heavy atom. The molecule has 8 nitrogen and oxygen atoms in total. The second-order valence-corrected chi connectivity index (χ2v) is 7.95. The number of ether oxygens (including phenoxy) is 2. The number of fused-ring (bicyclic) bond motifs is 1. The number of rotatable bonds is 6. The number of hydrogen-bond acceptors (Lipinski definition) is 7. The van der Waals surface area contributed by atoms with E-state index in [1.54, 1.807) is 38.1 Å². The van der Waals surface area contributed by atoms with Crippen molar-refractivity contribution in [2.24, 2.45) is 0 Å². The van der Waals surface area contributed by atoms with Crippen LogP contribution >= 0.6 is 11.3 Å². The molecule has 2 aromatic heterocycles. The highest BCUT2D eigenvalue weighted by Crippen LogP contribution is 2.27. The number of hydrogen-bond donors (Lipinski definition) is 2. The normalized spacial score (nSPS) is 10.7. The number of para-hydroxylation sites is 1. The van der Waals surface area contributed by atoms with E-state index in [0.717, 1.165) is 11.3 Å². The number of amides is 1. The van der Waals surface area contributed by atoms with Gasteiger partial charge in [0.15, 0.2) is 6.61 Å². The van der Waals surface area contributed by atoms with Gasteiger partial charge in [-0.05, 0) is 55.8 Å². The number of carbonyl (C=O) groups excluding carboxylic acids is 2. The first-order chi connectivity index (χ1) is 15.4. The molecule has 0 saturated heterocycles. The van der Waals surface area contributed by atoms with E-state index in [1.165, 1.54) is 0 Å². The predicted octanol–water partition coefficient (Wildman–Crippen LogP) is 4.19. The van der Waals surface area contributed by atoms with Crippen molar-refractivity contribution in [3.8, 4) is 11.5 Å². The molecule has 4 rings (SSSR count). The van der Waals surface area contributed by atoms with E-state index in [4.69, 9.17) is 9.47 Å². The zero-order chi connectivity index (χ0) is 22.7. The molecule has 0 atom stereocenters. The first-order valence-electron chi connectivity index (χ1n) is 9.70. The Morgan fingerprint density at radius 1 is 1.03 bits per heavy atom. The summed E-state index contributed by atoms with van der Waals surface area (Å²) in [5.41, 5.74) is 0.714. The van der Waals surface area contributed by atoms with Gasteiger partial charge in [0.2, 0.25) is 0 Å². The lowest BCUT2D eigenvalue weighted by Gasteiger charge is -2.08. The van der Waals surface area contributed by atoms with Crippen molar-refractivity contribution >= 4 is 39.1 Å². The summed E-state index contributed by atoms with van der Waals surface area (Å²) >= 11 is 1.07. The molecule has 0 aliphatic heterocycles. The highest BCUT2D eigenvalue weighted by molar-refractivity contribution is 7.20. The van der Waals surface area contributed by atoms with Crippen molar-refractivity contribution in [3.05, 3.63) is 81.2 Å². The van der Waals surface area contributed by atoms with Crippen molar-refractivity contribution in [3.63, 3.8) is 0 Å². The third-order valence-electron chi connectivity index (χ3n) is 4.56. The molecule has 162 valence electrons. The number of anilines is 1. The van der Waals surface area contributed by atoms with E-state index in [9.17, 15) is 14.4 Å². The molecule has 2 aromatic carbocycles. The second kappa shape index (κ2) is 9.03. The number of nitrogens with one attached hydrogen (secondary N) is 2. The predicted molar refractivity (Wildman–Crippen MR) is 122 cm³/mol. The Bertz CT molecular complexity index is 1340. The molecule has 0 spiro atoms. The van der Waals surface area contributed by atoms with Crippen LogP contribution in [0.3, 0.4) is 0 Å². The fraction of sp³-hybridized carbons (Fsp3) is 0.130. The fourth-order valence-electron chi connectivity index (χ4n) is 3.07. The third-order valence-corrected chi connectivity index (χ3v) is 5.72. The number of benzene rings is 2. The van der Waals surface area contributed by atoms with Gasteiger partial charge in [-0.1, -0.05) is 18.2 Å². The molecule has 0 radical (unpaired) electrons. The minimum atomic E-state index is -0.677. The summed E-state index contributed by atoms with van der Waals surface area (Å²) in [5.74, 6) is 0.632. The molecule has 0 aliphatic carbocycles.